The van der Waals surface area contributed by atoms with Gasteiger partial charge >= 0.3 is 6.03 Å². The standard InChI is InChI=1S/C22H19N5O3/c23-20-19-17(7-4-8-18(19)30-27-20)21(28)24-13-14-9-11-16(12-10-14)26-22(29)25-15-5-2-1-3-6-15/h1-12H,13H2,(H2,23,27)(H,24,28)(H2,25,26,29). The van der Waals surface area contributed by atoms with Crippen LogP contribution in [0.1, 0.15) is 15.9 Å². The highest BCUT2D eigenvalue weighted by molar-refractivity contribution is 6.09. The second-order valence-electron chi connectivity index (χ2n) is 6.57. The smallest absolute Gasteiger partial charge is 0.323 e. The predicted octanol–water partition coefficient (Wildman–Crippen LogP) is 3.98. The Morgan fingerprint density at radius 2 is 1.57 bits per heavy atom. The predicted molar refractivity (Wildman–Crippen MR) is 115 cm³/mol. The number of nitrogens with zero attached hydrogens (tertiary/aromatic N) is 1. The van der Waals surface area contributed by atoms with Crippen molar-refractivity contribution in [2.24, 2.45) is 0 Å². The van der Waals surface area contributed by atoms with Gasteiger partial charge in [-0.2, -0.15) is 0 Å². The molecule has 0 radical (unpaired) electrons. The number of carbonyl (C=O) groups is 2. The van der Waals surface area contributed by atoms with Crippen molar-refractivity contribution in [2.75, 3.05) is 16.4 Å². The van der Waals surface area contributed by atoms with Gasteiger partial charge < -0.3 is 26.2 Å². The van der Waals surface area contributed by atoms with E-state index in [9.17, 15) is 9.59 Å². The molecule has 30 heavy (non-hydrogen) atoms. The van der Waals surface area contributed by atoms with Crippen LogP contribution >= 0.6 is 0 Å². The van der Waals surface area contributed by atoms with Crippen LogP contribution in [0.3, 0.4) is 0 Å². The molecule has 5 N–H and O–H groups in total. The molecular weight excluding hydrogens is 382 g/mol. The zero-order valence-electron chi connectivity index (χ0n) is 15.9. The number of nitrogens with two attached hydrogens (primary N) is 1. The highest BCUT2D eigenvalue weighted by Crippen LogP contribution is 2.24. The van der Waals surface area contributed by atoms with Crippen LogP contribution < -0.4 is 21.7 Å². The molecule has 150 valence electrons. The number of anilines is 3. The lowest BCUT2D eigenvalue weighted by Crippen LogP contribution is -2.23. The molecule has 3 aromatic carbocycles. The number of nitrogens with one attached hydrogen (secondary N) is 3. The minimum Gasteiger partial charge on any atom is -0.380 e. The number of aromatic nitrogens is 1. The topological polar surface area (TPSA) is 122 Å². The van der Waals surface area contributed by atoms with Gasteiger partial charge in [-0.1, -0.05) is 41.6 Å². The Labute approximate surface area is 172 Å². The number of amides is 3. The molecule has 0 spiro atoms. The number of benzene rings is 3. The van der Waals surface area contributed by atoms with Crippen molar-refractivity contribution in [3.63, 3.8) is 0 Å². The van der Waals surface area contributed by atoms with Gasteiger partial charge in [0.05, 0.1) is 10.9 Å². The van der Waals surface area contributed by atoms with E-state index in [0.717, 1.165) is 5.56 Å². The second kappa shape index (κ2) is 8.36. The molecule has 3 amide bonds. The molecule has 0 saturated heterocycles. The maximum Gasteiger partial charge on any atom is 0.323 e. The highest BCUT2D eigenvalue weighted by atomic mass is 16.5. The SMILES string of the molecule is Nc1noc2cccc(C(=O)NCc3ccc(NC(=O)Nc4ccccc4)cc3)c12. The largest absolute Gasteiger partial charge is 0.380 e. The molecule has 0 unspecified atom stereocenters. The Bertz CT molecular complexity index is 1190. The lowest BCUT2D eigenvalue weighted by molar-refractivity contribution is 0.0952. The fraction of sp³-hybridized carbons (Fsp3) is 0.0455. The van der Waals surface area contributed by atoms with E-state index in [1.165, 1.54) is 0 Å². The van der Waals surface area contributed by atoms with E-state index in [1.807, 2.05) is 30.3 Å². The van der Waals surface area contributed by atoms with Gasteiger partial charge in [-0.15, -0.1) is 0 Å². The molecule has 0 bridgehead atoms. The normalized spacial score (nSPS) is 10.5. The Morgan fingerprint density at radius 1 is 0.867 bits per heavy atom. The van der Waals surface area contributed by atoms with Crippen LogP contribution in [0, 0.1) is 0 Å². The maximum absolute atomic E-state index is 12.6. The van der Waals surface area contributed by atoms with Gasteiger partial charge in [0, 0.05) is 17.9 Å². The van der Waals surface area contributed by atoms with Gasteiger partial charge in [0.15, 0.2) is 11.4 Å². The number of rotatable bonds is 5. The summed E-state index contributed by atoms with van der Waals surface area (Å²) in [5.41, 5.74) is 8.89. The van der Waals surface area contributed by atoms with Gasteiger partial charge in [0.1, 0.15) is 0 Å². The van der Waals surface area contributed by atoms with E-state index in [2.05, 4.69) is 21.1 Å². The first-order valence-corrected chi connectivity index (χ1v) is 9.24. The van der Waals surface area contributed by atoms with Crippen molar-refractivity contribution in [1.29, 1.82) is 0 Å². The minimum absolute atomic E-state index is 0.181. The highest BCUT2D eigenvalue weighted by Gasteiger charge is 2.15. The summed E-state index contributed by atoms with van der Waals surface area (Å²) in [6, 6.07) is 21.1. The molecule has 4 rings (SSSR count). The number of hydrogen-bond acceptors (Lipinski definition) is 5. The molecule has 0 aliphatic rings. The summed E-state index contributed by atoms with van der Waals surface area (Å²) in [4.78, 5) is 24.6. The third kappa shape index (κ3) is 4.22. The summed E-state index contributed by atoms with van der Waals surface area (Å²) in [6.45, 7) is 0.316. The Morgan fingerprint density at radius 3 is 2.30 bits per heavy atom. The van der Waals surface area contributed by atoms with Gasteiger partial charge in [0.2, 0.25) is 0 Å². The third-order valence-electron chi connectivity index (χ3n) is 4.47. The Balaban J connectivity index is 1.35. The van der Waals surface area contributed by atoms with E-state index in [1.54, 1.807) is 42.5 Å². The van der Waals surface area contributed by atoms with Gasteiger partial charge in [0.25, 0.3) is 5.91 Å². The van der Waals surface area contributed by atoms with E-state index < -0.39 is 0 Å². The van der Waals surface area contributed by atoms with Crippen LogP contribution in [-0.4, -0.2) is 17.1 Å². The van der Waals surface area contributed by atoms with Crippen molar-refractivity contribution < 1.29 is 14.1 Å². The van der Waals surface area contributed by atoms with Gasteiger partial charge in [-0.05, 0) is 42.0 Å². The quantitative estimate of drug-likeness (QED) is 0.403. The number of carbonyl (C=O) groups excluding carboxylic acids is 2. The van der Waals surface area contributed by atoms with Crippen molar-refractivity contribution in [3.05, 3.63) is 83.9 Å². The van der Waals surface area contributed by atoms with Gasteiger partial charge in [-0.25, -0.2) is 4.79 Å². The van der Waals surface area contributed by atoms with Crippen LogP contribution in [0.5, 0.6) is 0 Å². The first-order valence-electron chi connectivity index (χ1n) is 9.24. The molecule has 1 aromatic heterocycles. The first-order chi connectivity index (χ1) is 14.6. The summed E-state index contributed by atoms with van der Waals surface area (Å²) in [5, 5.41) is 12.6. The first kappa shape index (κ1) is 19.0. The van der Waals surface area contributed by atoms with Crippen molar-refractivity contribution in [2.45, 2.75) is 6.54 Å². The molecule has 1 heterocycles. The Kier molecular flexibility index (Phi) is 5.29. The third-order valence-corrected chi connectivity index (χ3v) is 4.47. The number of urea groups is 1. The fourth-order valence-electron chi connectivity index (χ4n) is 3.00. The van der Waals surface area contributed by atoms with Crippen LogP contribution in [0.25, 0.3) is 11.0 Å². The second-order valence-corrected chi connectivity index (χ2v) is 6.57. The van der Waals surface area contributed by atoms with E-state index in [-0.39, 0.29) is 17.8 Å². The Hall–Kier alpha value is -4.33. The average Bonchev–Trinajstić information content (AvgIpc) is 3.15. The van der Waals surface area contributed by atoms with Crippen LogP contribution in [0.2, 0.25) is 0 Å². The number of hydrogen-bond donors (Lipinski definition) is 4. The van der Waals surface area contributed by atoms with Gasteiger partial charge in [-0.3, -0.25) is 4.79 Å². The number of fused-ring (bicyclic) bond motifs is 1. The van der Waals surface area contributed by atoms with Crippen LogP contribution in [0.4, 0.5) is 22.0 Å². The van der Waals surface area contributed by atoms with E-state index in [0.29, 0.717) is 34.5 Å². The molecule has 0 fully saturated rings. The summed E-state index contributed by atoms with van der Waals surface area (Å²) < 4.78 is 5.09. The maximum atomic E-state index is 12.6. The lowest BCUT2D eigenvalue weighted by Gasteiger charge is -2.09. The monoisotopic (exact) mass is 401 g/mol. The summed E-state index contributed by atoms with van der Waals surface area (Å²) in [7, 11) is 0. The van der Waals surface area contributed by atoms with E-state index in [4.69, 9.17) is 10.3 Å². The summed E-state index contributed by atoms with van der Waals surface area (Å²) >= 11 is 0. The molecule has 0 aliphatic heterocycles. The van der Waals surface area contributed by atoms with E-state index >= 15 is 0 Å². The summed E-state index contributed by atoms with van der Waals surface area (Å²) in [6.07, 6.45) is 0. The zero-order valence-corrected chi connectivity index (χ0v) is 15.9. The van der Waals surface area contributed by atoms with Crippen molar-refractivity contribution in [1.82, 2.24) is 10.5 Å². The summed E-state index contributed by atoms with van der Waals surface area (Å²) in [5.74, 6) is -0.0973. The lowest BCUT2D eigenvalue weighted by atomic mass is 10.1. The molecular formula is C22H19N5O3. The minimum atomic E-state index is -0.332. The molecule has 0 saturated carbocycles. The fourth-order valence-corrected chi connectivity index (χ4v) is 3.00. The van der Waals surface area contributed by atoms with Crippen molar-refractivity contribution >= 4 is 40.1 Å². The average molecular weight is 401 g/mol. The molecule has 0 atom stereocenters. The van der Waals surface area contributed by atoms with Crippen LogP contribution in [-0.2, 0) is 6.54 Å². The molecule has 8 heteroatoms. The molecule has 4 aromatic rings. The number of para-hydroxylation sites is 1. The molecule has 0 aliphatic carbocycles. The van der Waals surface area contributed by atoms with Crippen LogP contribution in [0.15, 0.2) is 77.3 Å². The zero-order chi connectivity index (χ0) is 20.9. The number of nitrogen functional groups attached to an aromatic ring is 1. The molecule has 8 nitrogen and oxygen atoms in total. The van der Waals surface area contributed by atoms with Crippen molar-refractivity contribution in [3.8, 4) is 0 Å².